The van der Waals surface area contributed by atoms with E-state index in [4.69, 9.17) is 9.05 Å². The third-order valence-corrected chi connectivity index (χ3v) is 9.77. The first-order chi connectivity index (χ1) is 22.7. The molecule has 0 aliphatic heterocycles. The molecule has 0 aromatic carbocycles. The van der Waals surface area contributed by atoms with E-state index in [0.717, 1.165) is 38.5 Å². The van der Waals surface area contributed by atoms with Crippen LogP contribution in [0.2, 0.25) is 0 Å². The van der Waals surface area contributed by atoms with Crippen LogP contribution in [0.1, 0.15) is 181 Å². The molecule has 1 amide bonds. The number of phosphoric acid groups is 1. The monoisotopic (exact) mass is 689 g/mol. The average molecular weight is 689 g/mol. The molecule has 0 bridgehead atoms. The van der Waals surface area contributed by atoms with Crippen molar-refractivity contribution >= 4 is 13.7 Å². The molecular weight excluding hydrogens is 611 g/mol. The lowest BCUT2D eigenvalue weighted by Crippen LogP contribution is -2.45. The molecule has 0 aliphatic rings. The van der Waals surface area contributed by atoms with E-state index in [1.54, 1.807) is 6.08 Å². The van der Waals surface area contributed by atoms with Crippen molar-refractivity contribution in [3.63, 3.8) is 0 Å². The Balaban J connectivity index is 4.43. The highest BCUT2D eigenvalue weighted by Crippen LogP contribution is 2.43. The maximum atomic E-state index is 12.7. The minimum Gasteiger partial charge on any atom is -0.387 e. The molecule has 1 unspecified atom stereocenters. The molecule has 0 fully saturated rings. The minimum absolute atomic E-state index is 0.0399. The summed E-state index contributed by atoms with van der Waals surface area (Å²) in [4.78, 5) is 24.7. The number of phosphoric ester groups is 1. The largest absolute Gasteiger partial charge is 0.472 e. The van der Waals surface area contributed by atoms with Crippen LogP contribution in [-0.4, -0.2) is 66.8 Å². The molecule has 0 aromatic rings. The van der Waals surface area contributed by atoms with Crippen LogP contribution in [0.25, 0.3) is 0 Å². The van der Waals surface area contributed by atoms with Crippen molar-refractivity contribution in [3.8, 4) is 0 Å². The van der Waals surface area contributed by atoms with E-state index in [1.165, 1.54) is 122 Å². The van der Waals surface area contributed by atoms with Crippen LogP contribution < -0.4 is 5.32 Å². The van der Waals surface area contributed by atoms with Gasteiger partial charge in [0.25, 0.3) is 0 Å². The Morgan fingerprint density at radius 2 is 1.13 bits per heavy atom. The van der Waals surface area contributed by atoms with Gasteiger partial charge in [0.1, 0.15) is 0 Å². The maximum absolute atomic E-state index is 12.7. The van der Waals surface area contributed by atoms with Crippen LogP contribution in [0.5, 0.6) is 0 Å². The average Bonchev–Trinajstić information content (AvgIpc) is 3.03. The van der Waals surface area contributed by atoms with E-state index in [2.05, 4.69) is 19.2 Å². The normalized spacial score (nSPS) is 14.5. The fourth-order valence-electron chi connectivity index (χ4n) is 5.65. The van der Waals surface area contributed by atoms with Gasteiger partial charge >= 0.3 is 7.82 Å². The number of nitrogens with one attached hydrogen (secondary N) is 1. The van der Waals surface area contributed by atoms with Gasteiger partial charge in [-0.1, -0.05) is 167 Å². The number of rotatable bonds is 36. The van der Waals surface area contributed by atoms with Gasteiger partial charge < -0.3 is 20.2 Å². The quantitative estimate of drug-likeness (QED) is 0.0341. The van der Waals surface area contributed by atoms with E-state index in [9.17, 15) is 19.4 Å². The third kappa shape index (κ3) is 33.5. The van der Waals surface area contributed by atoms with Gasteiger partial charge in [-0.15, -0.1) is 0 Å². The number of carbonyl (C=O) groups excluding carboxylic acids is 1. The fourth-order valence-corrected chi connectivity index (χ4v) is 6.39. The van der Waals surface area contributed by atoms with Crippen molar-refractivity contribution < 1.29 is 28.4 Å². The number of nitrogens with zero attached hydrogens (tertiary/aromatic N) is 1. The Bertz CT molecular complexity index is 766. The van der Waals surface area contributed by atoms with Crippen LogP contribution >= 0.6 is 7.82 Å². The lowest BCUT2D eigenvalue weighted by molar-refractivity contribution is -0.123. The topological polar surface area (TPSA) is 108 Å². The number of likely N-dealkylation sites (N-methyl/N-ethyl adjacent to an activating group) is 1. The van der Waals surface area contributed by atoms with Gasteiger partial charge in [0, 0.05) is 13.0 Å². The molecule has 3 atom stereocenters. The molecular formula is C38H77N2O6P. The number of hydrogen-bond acceptors (Lipinski definition) is 6. The van der Waals surface area contributed by atoms with Gasteiger partial charge in [-0.3, -0.25) is 13.8 Å². The van der Waals surface area contributed by atoms with Gasteiger partial charge in [0.2, 0.25) is 5.91 Å². The van der Waals surface area contributed by atoms with Crippen LogP contribution in [-0.2, 0) is 18.4 Å². The molecule has 47 heavy (non-hydrogen) atoms. The van der Waals surface area contributed by atoms with Crippen molar-refractivity contribution in [2.24, 2.45) is 0 Å². The van der Waals surface area contributed by atoms with Crippen molar-refractivity contribution in [2.75, 3.05) is 33.9 Å². The molecule has 0 saturated heterocycles. The molecule has 0 saturated carbocycles. The summed E-state index contributed by atoms with van der Waals surface area (Å²) < 4.78 is 22.6. The summed E-state index contributed by atoms with van der Waals surface area (Å²) in [5.41, 5.74) is 0. The van der Waals surface area contributed by atoms with Crippen molar-refractivity contribution in [2.45, 2.75) is 193 Å². The second-order valence-electron chi connectivity index (χ2n) is 13.8. The Morgan fingerprint density at radius 1 is 0.702 bits per heavy atom. The van der Waals surface area contributed by atoms with Crippen LogP contribution in [0.15, 0.2) is 12.2 Å². The van der Waals surface area contributed by atoms with E-state index in [0.29, 0.717) is 13.0 Å². The summed E-state index contributed by atoms with van der Waals surface area (Å²) >= 11 is 0. The number of aliphatic hydroxyl groups is 1. The molecule has 0 radical (unpaired) electrons. The molecule has 0 heterocycles. The molecule has 9 heteroatoms. The van der Waals surface area contributed by atoms with E-state index in [1.807, 2.05) is 25.1 Å². The Morgan fingerprint density at radius 3 is 1.57 bits per heavy atom. The summed E-state index contributed by atoms with van der Waals surface area (Å²) in [6.07, 6.45) is 34.1. The molecule has 8 nitrogen and oxygen atoms in total. The van der Waals surface area contributed by atoms with Gasteiger partial charge in [0.05, 0.1) is 25.4 Å². The molecule has 280 valence electrons. The first kappa shape index (κ1) is 46.2. The van der Waals surface area contributed by atoms with Gasteiger partial charge in [-0.2, -0.15) is 0 Å². The van der Waals surface area contributed by atoms with Crippen LogP contribution in [0.3, 0.4) is 0 Å². The Labute approximate surface area is 290 Å². The highest BCUT2D eigenvalue weighted by atomic mass is 31.2. The Kier molecular flexibility index (Phi) is 33.2. The van der Waals surface area contributed by atoms with E-state index in [-0.39, 0.29) is 19.1 Å². The summed E-state index contributed by atoms with van der Waals surface area (Å²) in [5.74, 6) is -0.180. The highest BCUT2D eigenvalue weighted by molar-refractivity contribution is 7.47. The lowest BCUT2D eigenvalue weighted by Gasteiger charge is -2.23. The zero-order valence-corrected chi connectivity index (χ0v) is 32.1. The number of hydrogen-bond donors (Lipinski definition) is 3. The second-order valence-corrected chi connectivity index (χ2v) is 15.3. The molecule has 3 N–H and O–H groups in total. The van der Waals surface area contributed by atoms with Crippen LogP contribution in [0.4, 0.5) is 0 Å². The minimum atomic E-state index is -4.31. The van der Waals surface area contributed by atoms with Gasteiger partial charge in [-0.05, 0) is 33.4 Å². The van der Waals surface area contributed by atoms with Crippen molar-refractivity contribution in [3.05, 3.63) is 12.2 Å². The number of allylic oxidation sites excluding steroid dienone is 1. The predicted molar refractivity (Wildman–Crippen MR) is 199 cm³/mol. The van der Waals surface area contributed by atoms with Gasteiger partial charge in [-0.25, -0.2) is 4.57 Å². The van der Waals surface area contributed by atoms with Crippen LogP contribution in [0, 0.1) is 0 Å². The van der Waals surface area contributed by atoms with Crippen molar-refractivity contribution in [1.82, 2.24) is 10.2 Å². The van der Waals surface area contributed by atoms with Gasteiger partial charge in [0.15, 0.2) is 0 Å². The lowest BCUT2D eigenvalue weighted by atomic mass is 10.0. The summed E-state index contributed by atoms with van der Waals surface area (Å²) in [7, 11) is -0.627. The molecule has 0 aliphatic carbocycles. The zero-order valence-electron chi connectivity index (χ0n) is 31.2. The van der Waals surface area contributed by atoms with Crippen molar-refractivity contribution in [1.29, 1.82) is 0 Å². The first-order valence-electron chi connectivity index (χ1n) is 19.6. The summed E-state index contributed by atoms with van der Waals surface area (Å²) in [6, 6.07) is -0.837. The van der Waals surface area contributed by atoms with E-state index >= 15 is 0 Å². The Hall–Kier alpha value is -0.760. The molecule has 0 rings (SSSR count). The zero-order chi connectivity index (χ0) is 34.9. The highest BCUT2D eigenvalue weighted by Gasteiger charge is 2.27. The predicted octanol–water partition coefficient (Wildman–Crippen LogP) is 10.3. The SMILES string of the molecule is CCCCCCCCCCCCC/C=C/[C@H](O)[C@@H](COP(=O)(O)OCCN(C)C)NC(=O)CCCCCCCCCCCCCCC. The maximum Gasteiger partial charge on any atom is 0.472 e. The number of unbranched alkanes of at least 4 members (excludes halogenated alkanes) is 23. The first-order valence-corrected chi connectivity index (χ1v) is 21.1. The standard InChI is InChI=1S/C38H77N2O6P/c1-5-7-9-11-13-15-17-19-21-23-25-27-29-31-37(41)36(35-46-47(43,44)45-34-33-40(3)4)39-38(42)32-30-28-26-24-22-20-18-16-14-12-10-8-6-2/h29,31,36-37,41H,5-28,30,32-35H2,1-4H3,(H,39,42)(H,43,44)/b31-29+/t36-,37+/m1/s1. The fraction of sp³-hybridized carbons (Fsp3) is 0.921. The second kappa shape index (κ2) is 33.7. The summed E-state index contributed by atoms with van der Waals surface area (Å²) in [6.45, 7) is 4.70. The molecule has 0 aromatic heterocycles. The smallest absolute Gasteiger partial charge is 0.387 e. The number of aliphatic hydroxyl groups excluding tert-OH is 1. The summed E-state index contributed by atoms with van der Waals surface area (Å²) in [5, 5.41) is 13.7. The van der Waals surface area contributed by atoms with E-state index < -0.39 is 20.0 Å². The number of carbonyl (C=O) groups is 1. The molecule has 0 spiro atoms. The number of amides is 1. The third-order valence-electron chi connectivity index (χ3n) is 8.78.